The fourth-order valence-electron chi connectivity index (χ4n) is 2.66. The van der Waals surface area contributed by atoms with E-state index in [1.807, 2.05) is 11.8 Å². The van der Waals surface area contributed by atoms with Gasteiger partial charge in [-0.25, -0.2) is 0 Å². The minimum absolute atomic E-state index is 0.0296. The number of amides is 2. The minimum Gasteiger partial charge on any atom is -0.348 e. The molecule has 0 saturated heterocycles. The van der Waals surface area contributed by atoms with E-state index in [-0.39, 0.29) is 17.9 Å². The molecule has 1 aliphatic rings. The number of carbonyl (C=O) groups excluding carboxylic acids is 2. The summed E-state index contributed by atoms with van der Waals surface area (Å²) in [5.41, 5.74) is 1.34. The maximum atomic E-state index is 12.3. The van der Waals surface area contributed by atoms with Crippen LogP contribution in [0.5, 0.6) is 0 Å². The number of hydrogen-bond donors (Lipinski definition) is 2. The van der Waals surface area contributed by atoms with E-state index in [0.29, 0.717) is 16.5 Å². The van der Waals surface area contributed by atoms with Crippen molar-refractivity contribution in [2.75, 3.05) is 11.1 Å². The number of hydrogen-bond acceptors (Lipinski definition) is 3. The van der Waals surface area contributed by atoms with E-state index in [4.69, 9.17) is 0 Å². The molecule has 2 rings (SSSR count). The summed E-state index contributed by atoms with van der Waals surface area (Å²) in [7, 11) is 0. The molecule has 1 fully saturated rings. The van der Waals surface area contributed by atoms with Gasteiger partial charge in [0.25, 0.3) is 5.91 Å². The molecule has 1 aliphatic carbocycles. The van der Waals surface area contributed by atoms with Crippen LogP contribution in [0.1, 0.15) is 43.5 Å². The molecule has 1 aromatic rings. The molecule has 4 nitrogen and oxygen atoms in total. The molecule has 0 radical (unpaired) electrons. The van der Waals surface area contributed by atoms with Crippen LogP contribution in [0.25, 0.3) is 0 Å². The molecule has 0 aromatic heterocycles. The maximum Gasteiger partial charge on any atom is 0.251 e. The molecule has 21 heavy (non-hydrogen) atoms. The Morgan fingerprint density at radius 2 is 1.95 bits per heavy atom. The average Bonchev–Trinajstić information content (AvgIpc) is 2.86. The quantitative estimate of drug-likeness (QED) is 0.879. The van der Waals surface area contributed by atoms with E-state index < -0.39 is 0 Å². The first-order valence-electron chi connectivity index (χ1n) is 7.40. The summed E-state index contributed by atoms with van der Waals surface area (Å²) in [6.45, 7) is 3.62. The lowest BCUT2D eigenvalue weighted by Crippen LogP contribution is -2.38. The zero-order valence-corrected chi connectivity index (χ0v) is 13.3. The summed E-state index contributed by atoms with van der Waals surface area (Å²) >= 11 is 1.93. The van der Waals surface area contributed by atoms with Gasteiger partial charge in [-0.2, -0.15) is 11.8 Å². The Balaban J connectivity index is 1.95. The molecular formula is C16H22N2O2S. The van der Waals surface area contributed by atoms with Crippen LogP contribution in [-0.2, 0) is 4.79 Å². The number of carbonyl (C=O) groups is 2. The zero-order chi connectivity index (χ0) is 15.2. The van der Waals surface area contributed by atoms with Crippen molar-refractivity contribution in [1.29, 1.82) is 0 Å². The van der Waals surface area contributed by atoms with Gasteiger partial charge >= 0.3 is 0 Å². The lowest BCUT2D eigenvalue weighted by molar-refractivity contribution is -0.114. The number of benzene rings is 1. The molecule has 2 atom stereocenters. The molecule has 0 bridgehead atoms. The molecule has 2 N–H and O–H groups in total. The van der Waals surface area contributed by atoms with Gasteiger partial charge in [-0.05, 0) is 42.9 Å². The van der Waals surface area contributed by atoms with Gasteiger partial charge in [0.1, 0.15) is 0 Å². The molecule has 0 spiro atoms. The van der Waals surface area contributed by atoms with Crippen molar-refractivity contribution < 1.29 is 9.59 Å². The van der Waals surface area contributed by atoms with Crippen LogP contribution in [0.4, 0.5) is 5.69 Å². The van der Waals surface area contributed by atoms with Crippen molar-refractivity contribution in [1.82, 2.24) is 5.32 Å². The topological polar surface area (TPSA) is 58.2 Å². The van der Waals surface area contributed by atoms with Gasteiger partial charge < -0.3 is 10.6 Å². The van der Waals surface area contributed by atoms with E-state index >= 15 is 0 Å². The highest BCUT2D eigenvalue weighted by Gasteiger charge is 2.28. The third-order valence-corrected chi connectivity index (χ3v) is 4.94. The van der Waals surface area contributed by atoms with Crippen LogP contribution >= 0.6 is 11.8 Å². The minimum atomic E-state index is -0.113. The van der Waals surface area contributed by atoms with Crippen LogP contribution in [0.2, 0.25) is 0 Å². The van der Waals surface area contributed by atoms with Crippen molar-refractivity contribution in [2.24, 2.45) is 0 Å². The average molecular weight is 306 g/mol. The number of nitrogens with one attached hydrogen (secondary N) is 2. The smallest absolute Gasteiger partial charge is 0.251 e. The Morgan fingerprint density at radius 3 is 2.57 bits per heavy atom. The first-order valence-corrected chi connectivity index (χ1v) is 8.45. The first-order chi connectivity index (χ1) is 10.1. The summed E-state index contributed by atoms with van der Waals surface area (Å²) in [6.07, 6.45) is 3.43. The Kier molecular flexibility index (Phi) is 5.67. The summed E-state index contributed by atoms with van der Waals surface area (Å²) < 4.78 is 0. The van der Waals surface area contributed by atoms with Crippen LogP contribution < -0.4 is 10.6 Å². The molecule has 114 valence electrons. The van der Waals surface area contributed by atoms with Gasteiger partial charge in [0.05, 0.1) is 0 Å². The molecule has 0 aliphatic heterocycles. The van der Waals surface area contributed by atoms with E-state index in [1.165, 1.54) is 19.8 Å². The highest BCUT2D eigenvalue weighted by atomic mass is 32.2. The fraction of sp³-hybridized carbons (Fsp3) is 0.500. The van der Waals surface area contributed by atoms with E-state index in [0.717, 1.165) is 12.2 Å². The summed E-state index contributed by atoms with van der Waals surface area (Å²) in [5.74, 6) is 0.943. The largest absolute Gasteiger partial charge is 0.348 e. The van der Waals surface area contributed by atoms with Crippen LogP contribution in [0.15, 0.2) is 24.3 Å². The van der Waals surface area contributed by atoms with E-state index in [9.17, 15) is 9.59 Å². The van der Waals surface area contributed by atoms with Gasteiger partial charge in [-0.3, -0.25) is 9.59 Å². The van der Waals surface area contributed by atoms with Crippen LogP contribution in [0.3, 0.4) is 0 Å². The third-order valence-electron chi connectivity index (χ3n) is 3.62. The van der Waals surface area contributed by atoms with Crippen molar-refractivity contribution in [3.63, 3.8) is 0 Å². The zero-order valence-electron chi connectivity index (χ0n) is 12.5. The molecule has 0 heterocycles. The monoisotopic (exact) mass is 306 g/mol. The van der Waals surface area contributed by atoms with E-state index in [2.05, 4.69) is 17.6 Å². The lowest BCUT2D eigenvalue weighted by atomic mass is 10.1. The number of anilines is 1. The molecule has 1 aromatic carbocycles. The Labute approximate surface area is 130 Å². The maximum absolute atomic E-state index is 12.3. The van der Waals surface area contributed by atoms with Gasteiger partial charge in [0.15, 0.2) is 0 Å². The standard InChI is InChI=1S/C16H22N2O2S/c1-3-21-15-6-4-5-14(15)18-16(20)12-7-9-13(10-8-12)17-11(2)19/h7-10,14-15H,3-6H2,1-2H3,(H,17,19)(H,18,20)/t14-,15+/m0/s1. The molecule has 1 saturated carbocycles. The number of thioether (sulfide) groups is 1. The predicted octanol–water partition coefficient (Wildman–Crippen LogP) is 3.05. The lowest BCUT2D eigenvalue weighted by Gasteiger charge is -2.20. The van der Waals surface area contributed by atoms with Gasteiger partial charge in [-0.15, -0.1) is 0 Å². The molecule has 2 amide bonds. The number of rotatable bonds is 5. The van der Waals surface area contributed by atoms with Crippen molar-refractivity contribution in [3.05, 3.63) is 29.8 Å². The van der Waals surface area contributed by atoms with Crippen molar-refractivity contribution in [2.45, 2.75) is 44.4 Å². The molecular weight excluding hydrogens is 284 g/mol. The summed E-state index contributed by atoms with van der Waals surface area (Å²) in [6, 6.07) is 7.28. The highest BCUT2D eigenvalue weighted by molar-refractivity contribution is 7.99. The first kappa shape index (κ1) is 15.9. The Morgan fingerprint density at radius 1 is 1.24 bits per heavy atom. The second-order valence-electron chi connectivity index (χ2n) is 5.26. The van der Waals surface area contributed by atoms with Crippen LogP contribution in [0, 0.1) is 0 Å². The second kappa shape index (κ2) is 7.50. The van der Waals surface area contributed by atoms with Crippen molar-refractivity contribution >= 4 is 29.3 Å². The van der Waals surface area contributed by atoms with Crippen molar-refractivity contribution in [3.8, 4) is 0 Å². The predicted molar refractivity (Wildman–Crippen MR) is 87.8 cm³/mol. The van der Waals surface area contributed by atoms with Crippen LogP contribution in [-0.4, -0.2) is 28.9 Å². The highest BCUT2D eigenvalue weighted by Crippen LogP contribution is 2.30. The van der Waals surface area contributed by atoms with Gasteiger partial charge in [-0.1, -0.05) is 13.3 Å². The Hall–Kier alpha value is -1.49. The third kappa shape index (κ3) is 4.49. The van der Waals surface area contributed by atoms with Gasteiger partial charge in [0, 0.05) is 29.5 Å². The summed E-state index contributed by atoms with van der Waals surface area (Å²) in [4.78, 5) is 23.2. The Bertz CT molecular complexity index is 502. The summed E-state index contributed by atoms with van der Waals surface area (Å²) in [5, 5.41) is 6.38. The van der Waals surface area contributed by atoms with Gasteiger partial charge in [0.2, 0.25) is 5.91 Å². The normalized spacial score (nSPS) is 21.0. The fourth-order valence-corrected chi connectivity index (χ4v) is 3.86. The molecule has 0 unspecified atom stereocenters. The van der Waals surface area contributed by atoms with E-state index in [1.54, 1.807) is 24.3 Å². The SMILES string of the molecule is CCS[C@@H]1CCC[C@@H]1NC(=O)c1ccc(NC(C)=O)cc1. The second-order valence-corrected chi connectivity index (χ2v) is 6.78. The molecule has 5 heteroatoms.